The number of hydrogen-bond acceptors (Lipinski definition) is 0. The fraction of sp³-hybridized carbons (Fsp3) is 0.0400. The zero-order valence-electron chi connectivity index (χ0n) is 15.4. The van der Waals surface area contributed by atoms with E-state index in [1.54, 1.807) is 0 Å². The second-order valence-electron chi connectivity index (χ2n) is 6.98. The summed E-state index contributed by atoms with van der Waals surface area (Å²) < 4.78 is 1.11. The first kappa shape index (κ1) is 19.6. The zero-order valence-corrected chi connectivity index (χ0v) is 19.4. The molecule has 0 nitrogen and oxygen atoms in total. The Hall–Kier alpha value is -1.73. The summed E-state index contributed by atoms with van der Waals surface area (Å²) in [7, 11) is 0. The molecule has 0 aromatic heterocycles. The van der Waals surface area contributed by atoms with Gasteiger partial charge < -0.3 is 0 Å². The molecule has 0 radical (unpaired) electrons. The average Bonchev–Trinajstić information content (AvgIpc) is 2.76. The summed E-state index contributed by atoms with van der Waals surface area (Å²) in [5, 5.41) is 1.10. The Kier molecular flexibility index (Phi) is 5.56. The molecule has 140 valence electrons. The molecule has 0 spiro atoms. The molecular weight excluding hydrogens is 491 g/mol. The fourth-order valence-corrected chi connectivity index (χ4v) is 12.1. The molecule has 4 aromatic rings. The second-order valence-corrected chi connectivity index (χ2v) is 16.8. The van der Waals surface area contributed by atoms with E-state index in [0.29, 0.717) is 0 Å². The van der Waals surface area contributed by atoms with Gasteiger partial charge in [-0.3, -0.25) is 0 Å². The fourth-order valence-electron chi connectivity index (χ4n) is 3.92. The predicted molar refractivity (Wildman–Crippen MR) is 132 cm³/mol. The van der Waals surface area contributed by atoms with Gasteiger partial charge in [-0.25, -0.2) is 0 Å². The molecule has 0 unspecified atom stereocenters. The van der Waals surface area contributed by atoms with Crippen molar-refractivity contribution < 1.29 is 0 Å². The molecule has 0 fully saturated rings. The van der Waals surface area contributed by atoms with Gasteiger partial charge in [0.05, 0.1) is 0 Å². The van der Waals surface area contributed by atoms with Crippen LogP contribution >= 0.6 is 36.7 Å². The zero-order chi connectivity index (χ0) is 19.5. The molecule has 0 aliphatic heterocycles. The molecule has 4 rings (SSSR count). The standard InChI is InChI=1S/C25H21Br2P/c26-22-12-10-11-21(19-22)20-28(27,23-13-4-1-5-14-23,24-15-6-2-7-16-24)25-17-8-3-9-18-25/h1-19H,20H2. The summed E-state index contributed by atoms with van der Waals surface area (Å²) in [5.41, 5.74) is 1.31. The van der Waals surface area contributed by atoms with Crippen LogP contribution in [-0.4, -0.2) is 0 Å². The van der Waals surface area contributed by atoms with Gasteiger partial charge in [-0.15, -0.1) is 0 Å². The SMILES string of the molecule is Brc1cccc(CP(Br)(c2ccccc2)(c2ccccc2)c2ccccc2)c1. The van der Waals surface area contributed by atoms with Crippen LogP contribution in [0.5, 0.6) is 0 Å². The van der Waals surface area contributed by atoms with Crippen LogP contribution in [0, 0.1) is 0 Å². The van der Waals surface area contributed by atoms with Gasteiger partial charge >= 0.3 is 184 Å². The maximum atomic E-state index is 4.49. The van der Waals surface area contributed by atoms with Crippen molar-refractivity contribution >= 4 is 52.6 Å². The van der Waals surface area contributed by atoms with Gasteiger partial charge in [0.1, 0.15) is 0 Å². The molecule has 3 heteroatoms. The van der Waals surface area contributed by atoms with Crippen molar-refractivity contribution in [3.8, 4) is 0 Å². The minimum atomic E-state index is -2.91. The molecule has 0 bridgehead atoms. The van der Waals surface area contributed by atoms with Gasteiger partial charge in [0.25, 0.3) is 0 Å². The van der Waals surface area contributed by atoms with E-state index in [1.165, 1.54) is 21.5 Å². The number of hydrogen-bond donors (Lipinski definition) is 0. The first-order chi connectivity index (χ1) is 13.6. The molecule has 0 aliphatic rings. The summed E-state index contributed by atoms with van der Waals surface area (Å²) in [6, 6.07) is 41.4. The predicted octanol–water partition coefficient (Wildman–Crippen LogP) is 6.79. The van der Waals surface area contributed by atoms with Crippen molar-refractivity contribution in [3.63, 3.8) is 0 Å². The molecular formula is C25H21Br2P. The number of halogens is 2. The normalized spacial score (nSPS) is 12.9. The molecule has 0 saturated carbocycles. The van der Waals surface area contributed by atoms with Crippen LogP contribution in [0.4, 0.5) is 0 Å². The first-order valence-corrected chi connectivity index (χ1v) is 14.5. The third kappa shape index (κ3) is 3.39. The Morgan fingerprint density at radius 1 is 0.536 bits per heavy atom. The number of benzene rings is 4. The van der Waals surface area contributed by atoms with E-state index in [1.807, 2.05) is 0 Å². The molecule has 4 aromatic carbocycles. The van der Waals surface area contributed by atoms with Crippen molar-refractivity contribution in [3.05, 3.63) is 125 Å². The molecule has 0 aliphatic carbocycles. The van der Waals surface area contributed by atoms with Gasteiger partial charge in [-0.1, -0.05) is 0 Å². The summed E-state index contributed by atoms with van der Waals surface area (Å²) >= 11 is 8.15. The Morgan fingerprint density at radius 2 is 0.964 bits per heavy atom. The quantitative estimate of drug-likeness (QED) is 0.259. The van der Waals surface area contributed by atoms with Crippen LogP contribution < -0.4 is 15.9 Å². The van der Waals surface area contributed by atoms with E-state index in [4.69, 9.17) is 0 Å². The molecule has 0 N–H and O–H groups in total. The van der Waals surface area contributed by atoms with E-state index in [2.05, 4.69) is 147 Å². The maximum absolute atomic E-state index is 4.49. The van der Waals surface area contributed by atoms with Crippen LogP contribution in [0.2, 0.25) is 0 Å². The molecule has 28 heavy (non-hydrogen) atoms. The van der Waals surface area contributed by atoms with Gasteiger partial charge in [-0.05, 0) is 0 Å². The van der Waals surface area contributed by atoms with Crippen LogP contribution in [0.25, 0.3) is 0 Å². The topological polar surface area (TPSA) is 0 Å². The van der Waals surface area contributed by atoms with Gasteiger partial charge in [0, 0.05) is 0 Å². The summed E-state index contributed by atoms with van der Waals surface area (Å²) in [6.07, 6.45) is 0.906. The Bertz CT molecular complexity index is 964. The Labute approximate surface area is 183 Å². The second kappa shape index (κ2) is 7.95. The molecule has 0 atom stereocenters. The number of rotatable bonds is 5. The van der Waals surface area contributed by atoms with Crippen LogP contribution in [0.3, 0.4) is 0 Å². The van der Waals surface area contributed by atoms with Crippen molar-refractivity contribution in [2.75, 3.05) is 0 Å². The van der Waals surface area contributed by atoms with Crippen molar-refractivity contribution in [2.24, 2.45) is 0 Å². The molecule has 0 heterocycles. The Morgan fingerprint density at radius 3 is 1.36 bits per heavy atom. The van der Waals surface area contributed by atoms with Crippen molar-refractivity contribution in [2.45, 2.75) is 6.16 Å². The van der Waals surface area contributed by atoms with Gasteiger partial charge in [0.15, 0.2) is 0 Å². The summed E-state index contributed by atoms with van der Waals surface area (Å²) in [4.78, 5) is 0. The molecule has 0 saturated heterocycles. The van der Waals surface area contributed by atoms with Gasteiger partial charge in [-0.2, -0.15) is 0 Å². The van der Waals surface area contributed by atoms with Crippen molar-refractivity contribution in [1.82, 2.24) is 0 Å². The average molecular weight is 512 g/mol. The van der Waals surface area contributed by atoms with E-state index < -0.39 is 5.31 Å². The summed E-state index contributed by atoms with van der Waals surface area (Å²) in [5.74, 6) is 0. The van der Waals surface area contributed by atoms with Crippen LogP contribution in [0.1, 0.15) is 5.56 Å². The van der Waals surface area contributed by atoms with Crippen molar-refractivity contribution in [1.29, 1.82) is 0 Å². The third-order valence-corrected chi connectivity index (χ3v) is 15.3. The van der Waals surface area contributed by atoms with E-state index in [0.717, 1.165) is 10.6 Å². The molecule has 0 amide bonds. The monoisotopic (exact) mass is 510 g/mol. The first-order valence-electron chi connectivity index (χ1n) is 9.25. The van der Waals surface area contributed by atoms with E-state index in [9.17, 15) is 0 Å². The van der Waals surface area contributed by atoms with Gasteiger partial charge in [0.2, 0.25) is 0 Å². The Balaban J connectivity index is 2.09. The van der Waals surface area contributed by atoms with Crippen LogP contribution in [0.15, 0.2) is 120 Å². The van der Waals surface area contributed by atoms with Crippen LogP contribution in [-0.2, 0) is 6.16 Å². The summed E-state index contributed by atoms with van der Waals surface area (Å²) in [6.45, 7) is 0. The minimum absolute atomic E-state index is 0.906. The third-order valence-electron chi connectivity index (χ3n) is 5.25. The van der Waals surface area contributed by atoms with E-state index >= 15 is 0 Å². The van der Waals surface area contributed by atoms with E-state index in [-0.39, 0.29) is 0 Å².